The van der Waals surface area contributed by atoms with Crippen molar-refractivity contribution in [3.05, 3.63) is 64.4 Å². The summed E-state index contributed by atoms with van der Waals surface area (Å²) >= 11 is 1.10. The Kier molecular flexibility index (Phi) is 7.19. The maximum absolute atomic E-state index is 12.6. The summed E-state index contributed by atoms with van der Waals surface area (Å²) in [5, 5.41) is 13.4. The first kappa shape index (κ1) is 22.2. The van der Waals surface area contributed by atoms with Crippen molar-refractivity contribution in [3.63, 3.8) is 0 Å². The fourth-order valence-corrected chi connectivity index (χ4v) is 3.43. The lowest BCUT2D eigenvalue weighted by atomic mass is 10.1. The highest BCUT2D eigenvalue weighted by molar-refractivity contribution is 8.00. The zero-order valence-electron chi connectivity index (χ0n) is 17.4. The predicted octanol–water partition coefficient (Wildman–Crippen LogP) is 3.61. The summed E-state index contributed by atoms with van der Waals surface area (Å²) in [5.74, 6) is -0.384. The molecule has 0 aliphatic heterocycles. The number of para-hydroxylation sites is 1. The Morgan fingerprint density at radius 1 is 1.06 bits per heavy atom. The van der Waals surface area contributed by atoms with Gasteiger partial charge in [0, 0.05) is 17.7 Å². The predicted molar refractivity (Wildman–Crippen MR) is 122 cm³/mol. The molecule has 0 aliphatic rings. The number of nitrogens with zero attached hydrogens (tertiary/aromatic N) is 2. The molecule has 2 aromatic carbocycles. The number of anilines is 2. The van der Waals surface area contributed by atoms with E-state index < -0.39 is 10.8 Å². The van der Waals surface area contributed by atoms with Crippen LogP contribution in [-0.4, -0.2) is 32.2 Å². The van der Waals surface area contributed by atoms with Crippen molar-refractivity contribution >= 4 is 35.0 Å². The highest BCUT2D eigenvalue weighted by Crippen LogP contribution is 2.25. The topological polar surface area (TPSA) is 117 Å². The molecule has 0 saturated carbocycles. The molecule has 0 unspecified atom stereocenters. The molecule has 0 radical (unpaired) electrons. The molecule has 3 N–H and O–H groups in total. The SMILES string of the molecule is CCC(=O)Nc1ccccc1-c1nnc(S[C@H](C)C(=O)Nc2ccc(C)cc2)[nH]c1=O. The van der Waals surface area contributed by atoms with Gasteiger partial charge in [0.05, 0.1) is 10.9 Å². The summed E-state index contributed by atoms with van der Waals surface area (Å²) in [7, 11) is 0. The van der Waals surface area contributed by atoms with Gasteiger partial charge in [-0.3, -0.25) is 19.4 Å². The van der Waals surface area contributed by atoms with Crippen LogP contribution in [0.3, 0.4) is 0 Å². The maximum atomic E-state index is 12.6. The van der Waals surface area contributed by atoms with E-state index in [1.807, 2.05) is 31.2 Å². The Morgan fingerprint density at radius 3 is 2.45 bits per heavy atom. The molecule has 0 aliphatic carbocycles. The van der Waals surface area contributed by atoms with E-state index in [0.29, 0.717) is 23.4 Å². The van der Waals surface area contributed by atoms with Gasteiger partial charge in [-0.15, -0.1) is 10.2 Å². The smallest absolute Gasteiger partial charge is 0.278 e. The lowest BCUT2D eigenvalue weighted by molar-refractivity contribution is -0.116. The zero-order valence-corrected chi connectivity index (χ0v) is 18.2. The molecule has 0 bridgehead atoms. The minimum atomic E-state index is -0.506. The minimum Gasteiger partial charge on any atom is -0.325 e. The number of benzene rings is 2. The number of hydrogen-bond acceptors (Lipinski definition) is 6. The van der Waals surface area contributed by atoms with Crippen LogP contribution in [0.2, 0.25) is 0 Å². The van der Waals surface area contributed by atoms with E-state index in [0.717, 1.165) is 17.3 Å². The standard InChI is InChI=1S/C22H23N5O3S/c1-4-18(28)24-17-8-6-5-7-16(17)19-21(30)25-22(27-26-19)31-14(3)20(29)23-15-11-9-13(2)10-12-15/h5-12,14H,4H2,1-3H3,(H,23,29)(H,24,28)(H,25,27,30)/t14-/m1/s1. The molecule has 31 heavy (non-hydrogen) atoms. The summed E-state index contributed by atoms with van der Waals surface area (Å²) in [5.41, 5.74) is 2.39. The lowest BCUT2D eigenvalue weighted by Crippen LogP contribution is -2.23. The van der Waals surface area contributed by atoms with Gasteiger partial charge in [-0.05, 0) is 32.0 Å². The molecule has 3 aromatic rings. The fraction of sp³-hybridized carbons (Fsp3) is 0.227. The number of amides is 2. The number of thioether (sulfide) groups is 1. The molecule has 0 fully saturated rings. The lowest BCUT2D eigenvalue weighted by Gasteiger charge is -2.12. The van der Waals surface area contributed by atoms with Gasteiger partial charge in [0.2, 0.25) is 11.8 Å². The van der Waals surface area contributed by atoms with Gasteiger partial charge in [0.1, 0.15) is 0 Å². The molecule has 1 atom stereocenters. The van der Waals surface area contributed by atoms with E-state index in [1.165, 1.54) is 0 Å². The third-order valence-electron chi connectivity index (χ3n) is 4.43. The fourth-order valence-electron chi connectivity index (χ4n) is 2.69. The summed E-state index contributed by atoms with van der Waals surface area (Å²) in [6.45, 7) is 5.43. The summed E-state index contributed by atoms with van der Waals surface area (Å²) in [4.78, 5) is 39.5. The first-order chi connectivity index (χ1) is 14.9. The quantitative estimate of drug-likeness (QED) is 0.486. The van der Waals surface area contributed by atoms with Crippen molar-refractivity contribution in [2.45, 2.75) is 37.6 Å². The Balaban J connectivity index is 1.74. The third kappa shape index (κ3) is 5.79. The monoisotopic (exact) mass is 437 g/mol. The molecule has 3 rings (SSSR count). The Morgan fingerprint density at radius 2 is 1.77 bits per heavy atom. The second-order valence-electron chi connectivity index (χ2n) is 6.87. The Hall–Kier alpha value is -3.46. The average molecular weight is 438 g/mol. The van der Waals surface area contributed by atoms with Gasteiger partial charge in [0.25, 0.3) is 5.56 Å². The number of aromatic amines is 1. The minimum absolute atomic E-state index is 0.0908. The van der Waals surface area contributed by atoms with Gasteiger partial charge in [-0.1, -0.05) is 54.6 Å². The van der Waals surface area contributed by atoms with Gasteiger partial charge >= 0.3 is 0 Å². The first-order valence-corrected chi connectivity index (χ1v) is 10.7. The van der Waals surface area contributed by atoms with E-state index in [-0.39, 0.29) is 22.7 Å². The number of nitrogens with one attached hydrogen (secondary N) is 3. The third-order valence-corrected chi connectivity index (χ3v) is 5.41. The van der Waals surface area contributed by atoms with Gasteiger partial charge < -0.3 is 10.6 Å². The van der Waals surface area contributed by atoms with Crippen LogP contribution in [0.1, 0.15) is 25.8 Å². The van der Waals surface area contributed by atoms with Crippen LogP contribution in [0.4, 0.5) is 11.4 Å². The van der Waals surface area contributed by atoms with Crippen LogP contribution >= 0.6 is 11.8 Å². The number of aryl methyl sites for hydroxylation is 1. The number of carbonyl (C=O) groups excluding carboxylic acids is 2. The average Bonchev–Trinajstić information content (AvgIpc) is 2.76. The van der Waals surface area contributed by atoms with Crippen LogP contribution in [-0.2, 0) is 9.59 Å². The number of aromatic nitrogens is 3. The van der Waals surface area contributed by atoms with E-state index >= 15 is 0 Å². The van der Waals surface area contributed by atoms with Gasteiger partial charge in [-0.25, -0.2) is 0 Å². The Labute approximate surface area is 183 Å². The van der Waals surface area contributed by atoms with Gasteiger partial charge in [-0.2, -0.15) is 0 Å². The second kappa shape index (κ2) is 10.0. The largest absolute Gasteiger partial charge is 0.325 e. The maximum Gasteiger partial charge on any atom is 0.278 e. The number of hydrogen-bond donors (Lipinski definition) is 3. The molecular weight excluding hydrogens is 414 g/mol. The Bertz CT molecular complexity index is 1140. The van der Waals surface area contributed by atoms with Crippen LogP contribution < -0.4 is 16.2 Å². The van der Waals surface area contributed by atoms with Crippen molar-refractivity contribution in [1.82, 2.24) is 15.2 Å². The second-order valence-corrected chi connectivity index (χ2v) is 8.20. The van der Waals surface area contributed by atoms with Crippen LogP contribution in [0.5, 0.6) is 0 Å². The van der Waals surface area contributed by atoms with Gasteiger partial charge in [0.15, 0.2) is 10.9 Å². The molecule has 1 aromatic heterocycles. The highest BCUT2D eigenvalue weighted by Gasteiger charge is 2.18. The first-order valence-electron chi connectivity index (χ1n) is 9.77. The molecule has 1 heterocycles. The molecule has 160 valence electrons. The van der Waals surface area contributed by atoms with Crippen LogP contribution in [0.15, 0.2) is 58.5 Å². The molecule has 0 saturated heterocycles. The highest BCUT2D eigenvalue weighted by atomic mass is 32.2. The molecule has 8 nitrogen and oxygen atoms in total. The molecule has 9 heteroatoms. The van der Waals surface area contributed by atoms with E-state index in [9.17, 15) is 14.4 Å². The van der Waals surface area contributed by atoms with E-state index in [1.54, 1.807) is 38.1 Å². The zero-order chi connectivity index (χ0) is 22.4. The van der Waals surface area contributed by atoms with Crippen molar-refractivity contribution in [3.8, 4) is 11.3 Å². The van der Waals surface area contributed by atoms with Crippen LogP contribution in [0, 0.1) is 6.92 Å². The van der Waals surface area contributed by atoms with Crippen molar-refractivity contribution in [2.24, 2.45) is 0 Å². The van der Waals surface area contributed by atoms with E-state index in [4.69, 9.17) is 0 Å². The van der Waals surface area contributed by atoms with Crippen molar-refractivity contribution in [2.75, 3.05) is 10.6 Å². The summed E-state index contributed by atoms with van der Waals surface area (Å²) in [6, 6.07) is 14.4. The number of H-pyrrole nitrogens is 1. The van der Waals surface area contributed by atoms with Crippen molar-refractivity contribution < 1.29 is 9.59 Å². The summed E-state index contributed by atoms with van der Waals surface area (Å²) in [6.07, 6.45) is 0.314. The molecule has 0 spiro atoms. The molecular formula is C22H23N5O3S. The van der Waals surface area contributed by atoms with Crippen molar-refractivity contribution in [1.29, 1.82) is 0 Å². The van der Waals surface area contributed by atoms with E-state index in [2.05, 4.69) is 25.8 Å². The number of carbonyl (C=O) groups is 2. The number of rotatable bonds is 7. The summed E-state index contributed by atoms with van der Waals surface area (Å²) < 4.78 is 0. The van der Waals surface area contributed by atoms with Crippen LogP contribution in [0.25, 0.3) is 11.3 Å². The normalized spacial score (nSPS) is 11.6. The molecule has 2 amide bonds.